The highest BCUT2D eigenvalue weighted by molar-refractivity contribution is 7.92. The molecule has 0 bridgehead atoms. The van der Waals surface area contributed by atoms with Gasteiger partial charge >= 0.3 is 0 Å². The third kappa shape index (κ3) is 2.38. The molecule has 0 saturated carbocycles. The van der Waals surface area contributed by atoms with Crippen LogP contribution in [0.1, 0.15) is 0 Å². The predicted octanol–water partition coefficient (Wildman–Crippen LogP) is 1.09. The van der Waals surface area contributed by atoms with Crippen molar-refractivity contribution in [3.8, 4) is 5.75 Å². The molecule has 0 heterocycles. The molecule has 1 aromatic carbocycles. The molecule has 0 radical (unpaired) electrons. The Balaban J connectivity index is 3.08. The molecule has 14 heavy (non-hydrogen) atoms. The van der Waals surface area contributed by atoms with Crippen LogP contribution in [0.2, 0.25) is 0 Å². The number of benzene rings is 1. The number of anilines is 1. The number of nitrogens with zero attached hydrogens (tertiary/aromatic N) is 1. The minimum atomic E-state index is -3.20. The maximum Gasteiger partial charge on any atom is 0.231 e. The van der Waals surface area contributed by atoms with E-state index in [0.29, 0.717) is 11.4 Å². The zero-order valence-electron chi connectivity index (χ0n) is 8.39. The van der Waals surface area contributed by atoms with Crippen molar-refractivity contribution in [1.82, 2.24) is 0 Å². The molecule has 0 amide bonds. The summed E-state index contributed by atoms with van der Waals surface area (Å²) in [5, 5.41) is 0. The van der Waals surface area contributed by atoms with Gasteiger partial charge in [0.15, 0.2) is 0 Å². The van der Waals surface area contributed by atoms with Crippen LogP contribution < -0.4 is 9.04 Å². The maximum absolute atomic E-state index is 11.2. The van der Waals surface area contributed by atoms with Gasteiger partial charge in [-0.05, 0) is 12.1 Å². The Kier molecular flexibility index (Phi) is 3.00. The zero-order valence-corrected chi connectivity index (χ0v) is 9.21. The van der Waals surface area contributed by atoms with Gasteiger partial charge in [0, 0.05) is 13.1 Å². The number of ether oxygens (including phenoxy) is 1. The Morgan fingerprint density at radius 2 is 2.00 bits per heavy atom. The molecule has 0 aromatic heterocycles. The Bertz CT molecular complexity index is 414. The number of hydrogen-bond acceptors (Lipinski definition) is 3. The Hall–Kier alpha value is -1.23. The molecule has 0 spiro atoms. The average Bonchev–Trinajstić information content (AvgIpc) is 2.15. The van der Waals surface area contributed by atoms with Crippen molar-refractivity contribution in [3.05, 3.63) is 24.3 Å². The van der Waals surface area contributed by atoms with Crippen molar-refractivity contribution >= 4 is 15.7 Å². The van der Waals surface area contributed by atoms with E-state index in [-0.39, 0.29) is 0 Å². The first kappa shape index (κ1) is 10.8. The topological polar surface area (TPSA) is 46.6 Å². The molecule has 0 unspecified atom stereocenters. The fourth-order valence-electron chi connectivity index (χ4n) is 0.998. The molecule has 1 rings (SSSR count). The summed E-state index contributed by atoms with van der Waals surface area (Å²) in [6.45, 7) is 0. The largest absolute Gasteiger partial charge is 0.497 e. The first-order valence-electron chi connectivity index (χ1n) is 4.03. The van der Waals surface area contributed by atoms with Gasteiger partial charge in [-0.3, -0.25) is 4.31 Å². The highest BCUT2D eigenvalue weighted by Crippen LogP contribution is 2.21. The third-order valence-corrected chi connectivity index (χ3v) is 3.12. The third-order valence-electron chi connectivity index (χ3n) is 1.91. The zero-order chi connectivity index (χ0) is 10.8. The first-order valence-corrected chi connectivity index (χ1v) is 5.88. The van der Waals surface area contributed by atoms with E-state index in [2.05, 4.69) is 0 Å². The van der Waals surface area contributed by atoms with Crippen LogP contribution in [0.5, 0.6) is 5.75 Å². The van der Waals surface area contributed by atoms with Crippen molar-refractivity contribution in [2.24, 2.45) is 0 Å². The van der Waals surface area contributed by atoms with Gasteiger partial charge in [0.25, 0.3) is 0 Å². The van der Waals surface area contributed by atoms with Crippen LogP contribution in [0, 0.1) is 0 Å². The summed E-state index contributed by atoms with van der Waals surface area (Å²) in [6, 6.07) is 6.89. The molecular formula is C9H13NO3S. The molecular weight excluding hydrogens is 202 g/mol. The van der Waals surface area contributed by atoms with Crippen LogP contribution in [0.4, 0.5) is 5.69 Å². The van der Waals surface area contributed by atoms with Crippen molar-refractivity contribution in [1.29, 1.82) is 0 Å². The summed E-state index contributed by atoms with van der Waals surface area (Å²) in [7, 11) is -0.158. The molecule has 5 heteroatoms. The van der Waals surface area contributed by atoms with E-state index in [9.17, 15) is 8.42 Å². The average molecular weight is 215 g/mol. The van der Waals surface area contributed by atoms with Crippen LogP contribution in [-0.2, 0) is 10.0 Å². The van der Waals surface area contributed by atoms with Crippen LogP contribution in [0.25, 0.3) is 0 Å². The van der Waals surface area contributed by atoms with Crippen LogP contribution in [-0.4, -0.2) is 28.8 Å². The molecule has 1 aromatic rings. The lowest BCUT2D eigenvalue weighted by Gasteiger charge is -2.16. The molecule has 0 aliphatic heterocycles. The fourth-order valence-corrected chi connectivity index (χ4v) is 1.49. The van der Waals surface area contributed by atoms with Crippen LogP contribution >= 0.6 is 0 Å². The minimum absolute atomic E-state index is 0.590. The fraction of sp³-hybridized carbons (Fsp3) is 0.333. The van der Waals surface area contributed by atoms with E-state index >= 15 is 0 Å². The van der Waals surface area contributed by atoms with Gasteiger partial charge in [-0.2, -0.15) is 0 Å². The van der Waals surface area contributed by atoms with Gasteiger partial charge in [0.05, 0.1) is 19.1 Å². The van der Waals surface area contributed by atoms with Crippen molar-refractivity contribution in [2.75, 3.05) is 24.7 Å². The number of hydrogen-bond donors (Lipinski definition) is 0. The van der Waals surface area contributed by atoms with Crippen LogP contribution in [0.3, 0.4) is 0 Å². The van der Waals surface area contributed by atoms with E-state index in [0.717, 1.165) is 6.26 Å². The summed E-state index contributed by atoms with van der Waals surface area (Å²) < 4.78 is 28.6. The second kappa shape index (κ2) is 3.88. The molecule has 0 fully saturated rings. The van der Waals surface area contributed by atoms with E-state index in [1.54, 1.807) is 31.4 Å². The Morgan fingerprint density at radius 3 is 2.50 bits per heavy atom. The lowest BCUT2D eigenvalue weighted by atomic mass is 10.3. The number of rotatable bonds is 3. The summed E-state index contributed by atoms with van der Waals surface area (Å²) in [4.78, 5) is 0. The standard InChI is InChI=1S/C9H13NO3S/c1-10(14(3,11)12)8-5-4-6-9(7-8)13-2/h4-7H,1-3H3. The van der Waals surface area contributed by atoms with Gasteiger partial charge in [-0.25, -0.2) is 8.42 Å². The van der Waals surface area contributed by atoms with Crippen molar-refractivity contribution in [2.45, 2.75) is 0 Å². The van der Waals surface area contributed by atoms with Crippen molar-refractivity contribution in [3.63, 3.8) is 0 Å². The maximum atomic E-state index is 11.2. The molecule has 0 aliphatic rings. The summed E-state index contributed by atoms with van der Waals surface area (Å²) in [6.07, 6.45) is 1.16. The summed E-state index contributed by atoms with van der Waals surface area (Å²) >= 11 is 0. The lowest BCUT2D eigenvalue weighted by Crippen LogP contribution is -2.24. The quantitative estimate of drug-likeness (QED) is 0.758. The second-order valence-electron chi connectivity index (χ2n) is 2.93. The minimum Gasteiger partial charge on any atom is -0.497 e. The first-order chi connectivity index (χ1) is 6.45. The normalized spacial score (nSPS) is 11.1. The van der Waals surface area contributed by atoms with E-state index in [1.807, 2.05) is 0 Å². The van der Waals surface area contributed by atoms with Gasteiger partial charge in [-0.1, -0.05) is 6.07 Å². The monoisotopic (exact) mass is 215 g/mol. The van der Waals surface area contributed by atoms with Gasteiger partial charge in [0.2, 0.25) is 10.0 Å². The van der Waals surface area contributed by atoms with E-state index in [1.165, 1.54) is 11.4 Å². The molecule has 0 aliphatic carbocycles. The van der Waals surface area contributed by atoms with Gasteiger partial charge < -0.3 is 4.74 Å². The predicted molar refractivity (Wildman–Crippen MR) is 56.2 cm³/mol. The van der Waals surface area contributed by atoms with Crippen LogP contribution in [0.15, 0.2) is 24.3 Å². The molecule has 0 N–H and O–H groups in total. The Morgan fingerprint density at radius 1 is 1.36 bits per heavy atom. The SMILES string of the molecule is COc1cccc(N(C)S(C)(=O)=O)c1. The lowest BCUT2D eigenvalue weighted by molar-refractivity contribution is 0.415. The molecule has 78 valence electrons. The Labute approximate surface area is 84.2 Å². The number of sulfonamides is 1. The van der Waals surface area contributed by atoms with E-state index < -0.39 is 10.0 Å². The molecule has 0 atom stereocenters. The summed E-state index contributed by atoms with van der Waals surface area (Å²) in [5.74, 6) is 0.637. The second-order valence-corrected chi connectivity index (χ2v) is 4.95. The molecule has 0 saturated heterocycles. The smallest absolute Gasteiger partial charge is 0.231 e. The highest BCUT2D eigenvalue weighted by Gasteiger charge is 2.11. The number of methoxy groups -OCH3 is 1. The van der Waals surface area contributed by atoms with Crippen molar-refractivity contribution < 1.29 is 13.2 Å². The molecule has 4 nitrogen and oxygen atoms in total. The summed E-state index contributed by atoms with van der Waals surface area (Å²) in [5.41, 5.74) is 0.590. The van der Waals surface area contributed by atoms with Gasteiger partial charge in [-0.15, -0.1) is 0 Å². The van der Waals surface area contributed by atoms with E-state index in [4.69, 9.17) is 4.74 Å². The highest BCUT2D eigenvalue weighted by atomic mass is 32.2. The van der Waals surface area contributed by atoms with Gasteiger partial charge in [0.1, 0.15) is 5.75 Å².